The summed E-state index contributed by atoms with van der Waals surface area (Å²) in [6, 6.07) is 5.01. The number of rotatable bonds is 7. The first-order chi connectivity index (χ1) is 8.60. The van der Waals surface area contributed by atoms with Crippen LogP contribution in [0.3, 0.4) is 0 Å². The summed E-state index contributed by atoms with van der Waals surface area (Å²) in [5.41, 5.74) is 6.94. The van der Waals surface area contributed by atoms with Crippen molar-refractivity contribution in [2.75, 3.05) is 18.9 Å². The number of aliphatic hydroxyl groups is 1. The molecule has 0 bridgehead atoms. The maximum atomic E-state index is 13.3. The van der Waals surface area contributed by atoms with Gasteiger partial charge in [0.2, 0.25) is 0 Å². The molecule has 1 aromatic rings. The van der Waals surface area contributed by atoms with Crippen LogP contribution >= 0.6 is 0 Å². The molecule has 0 saturated carbocycles. The van der Waals surface area contributed by atoms with Gasteiger partial charge in [0.1, 0.15) is 5.82 Å². The van der Waals surface area contributed by atoms with Crippen LogP contribution in [0.2, 0.25) is 0 Å². The van der Waals surface area contributed by atoms with Gasteiger partial charge in [-0.1, -0.05) is 13.8 Å². The van der Waals surface area contributed by atoms with Gasteiger partial charge < -0.3 is 10.8 Å². The molecule has 1 aromatic carbocycles. The minimum Gasteiger partial charge on any atom is -0.399 e. The van der Waals surface area contributed by atoms with Crippen LogP contribution in [0.25, 0.3) is 0 Å². The Kier molecular flexibility index (Phi) is 6.09. The molecule has 18 heavy (non-hydrogen) atoms. The summed E-state index contributed by atoms with van der Waals surface area (Å²) >= 11 is 0. The Morgan fingerprint density at radius 1 is 1.28 bits per heavy atom. The predicted molar refractivity (Wildman–Crippen MR) is 72.7 cm³/mol. The van der Waals surface area contributed by atoms with E-state index < -0.39 is 0 Å². The quantitative estimate of drug-likeness (QED) is 0.735. The number of anilines is 1. The highest BCUT2D eigenvalue weighted by Crippen LogP contribution is 2.16. The van der Waals surface area contributed by atoms with Crippen molar-refractivity contribution < 1.29 is 9.50 Å². The number of halogens is 1. The zero-order chi connectivity index (χ0) is 13.5. The molecule has 102 valence electrons. The highest BCUT2D eigenvalue weighted by Gasteiger charge is 2.15. The van der Waals surface area contributed by atoms with Crippen molar-refractivity contribution in [3.63, 3.8) is 0 Å². The number of aliphatic hydroxyl groups excluding tert-OH is 1. The molecule has 0 spiro atoms. The molecule has 3 N–H and O–H groups in total. The molecular weight excluding hydrogens is 231 g/mol. The van der Waals surface area contributed by atoms with Crippen LogP contribution in [0.5, 0.6) is 0 Å². The van der Waals surface area contributed by atoms with Gasteiger partial charge in [0.05, 0.1) is 6.61 Å². The minimum atomic E-state index is -0.307. The van der Waals surface area contributed by atoms with Crippen LogP contribution in [0.4, 0.5) is 10.1 Å². The second-order valence-electron chi connectivity index (χ2n) is 4.56. The molecule has 0 atom stereocenters. The molecule has 3 nitrogen and oxygen atoms in total. The van der Waals surface area contributed by atoms with Crippen molar-refractivity contribution in [1.82, 2.24) is 4.90 Å². The van der Waals surface area contributed by atoms with E-state index in [4.69, 9.17) is 10.8 Å². The molecule has 0 aliphatic heterocycles. The monoisotopic (exact) mass is 254 g/mol. The van der Waals surface area contributed by atoms with Crippen molar-refractivity contribution in [3.8, 4) is 0 Å². The van der Waals surface area contributed by atoms with E-state index in [1.807, 2.05) is 0 Å². The first-order valence-electron chi connectivity index (χ1n) is 6.50. The molecule has 1 rings (SSSR count). The summed E-state index contributed by atoms with van der Waals surface area (Å²) in [5.74, 6) is -0.307. The third-order valence-corrected chi connectivity index (χ3v) is 3.21. The molecular formula is C14H23FN2O. The summed E-state index contributed by atoms with van der Waals surface area (Å²) in [5, 5.41) is 9.12. The van der Waals surface area contributed by atoms with Crippen molar-refractivity contribution >= 4 is 5.69 Å². The number of nitrogens with two attached hydrogens (primary N) is 1. The third-order valence-electron chi connectivity index (χ3n) is 3.21. The largest absolute Gasteiger partial charge is 0.399 e. The number of hydrogen-bond acceptors (Lipinski definition) is 3. The van der Waals surface area contributed by atoms with E-state index in [1.165, 1.54) is 12.1 Å². The molecule has 0 heterocycles. The first kappa shape index (κ1) is 14.9. The minimum absolute atomic E-state index is 0.112. The lowest BCUT2D eigenvalue weighted by molar-refractivity contribution is 0.136. The van der Waals surface area contributed by atoms with Gasteiger partial charge in [-0.15, -0.1) is 0 Å². The zero-order valence-electron chi connectivity index (χ0n) is 11.2. The molecule has 0 unspecified atom stereocenters. The summed E-state index contributed by atoms with van der Waals surface area (Å²) in [6.07, 6.45) is 2.03. The Labute approximate surface area is 108 Å². The van der Waals surface area contributed by atoms with Gasteiger partial charge in [-0.25, -0.2) is 4.39 Å². The van der Waals surface area contributed by atoms with E-state index in [-0.39, 0.29) is 12.4 Å². The fourth-order valence-electron chi connectivity index (χ4n) is 2.33. The van der Waals surface area contributed by atoms with Gasteiger partial charge in [-0.2, -0.15) is 0 Å². The van der Waals surface area contributed by atoms with Gasteiger partial charge in [0.25, 0.3) is 0 Å². The number of nitrogen functional groups attached to an aromatic ring is 1. The summed E-state index contributed by atoms with van der Waals surface area (Å²) < 4.78 is 13.3. The fraction of sp³-hybridized carbons (Fsp3) is 0.571. The van der Waals surface area contributed by atoms with E-state index in [2.05, 4.69) is 18.7 Å². The van der Waals surface area contributed by atoms with Crippen molar-refractivity contribution in [3.05, 3.63) is 29.6 Å². The normalized spacial score (nSPS) is 11.4. The summed E-state index contributed by atoms with van der Waals surface area (Å²) in [7, 11) is 0. The zero-order valence-corrected chi connectivity index (χ0v) is 11.2. The topological polar surface area (TPSA) is 49.5 Å². The molecule has 0 aliphatic carbocycles. The van der Waals surface area contributed by atoms with E-state index >= 15 is 0 Å². The maximum Gasteiger partial charge on any atom is 0.125 e. The maximum absolute atomic E-state index is 13.3. The van der Waals surface area contributed by atoms with Gasteiger partial charge >= 0.3 is 0 Å². The van der Waals surface area contributed by atoms with Gasteiger partial charge in [0, 0.05) is 24.8 Å². The summed E-state index contributed by atoms with van der Waals surface area (Å²) in [6.45, 7) is 5.58. The Balaban J connectivity index is 2.81. The average Bonchev–Trinajstić information content (AvgIpc) is 2.29. The molecule has 0 aliphatic rings. The SMILES string of the molecule is CCC(CC)N(CCO)Cc1cc(N)cc(F)c1. The van der Waals surface area contributed by atoms with Crippen molar-refractivity contribution in [2.24, 2.45) is 0 Å². The molecule has 0 saturated heterocycles. The predicted octanol–water partition coefficient (Wildman–Crippen LogP) is 2.39. The van der Waals surface area contributed by atoms with Gasteiger partial charge in [-0.05, 0) is 36.6 Å². The first-order valence-corrected chi connectivity index (χ1v) is 6.50. The molecule has 0 radical (unpaired) electrons. The smallest absolute Gasteiger partial charge is 0.125 e. The number of hydrogen-bond donors (Lipinski definition) is 2. The molecule has 0 aromatic heterocycles. The molecule has 0 fully saturated rings. The third kappa shape index (κ3) is 4.27. The molecule has 0 amide bonds. The van der Waals surface area contributed by atoms with Crippen LogP contribution in [-0.4, -0.2) is 29.2 Å². The number of benzene rings is 1. The Morgan fingerprint density at radius 3 is 2.44 bits per heavy atom. The molecule has 4 heteroatoms. The van der Waals surface area contributed by atoms with Crippen LogP contribution in [0.15, 0.2) is 18.2 Å². The lowest BCUT2D eigenvalue weighted by atomic mass is 10.1. The van der Waals surface area contributed by atoms with Crippen LogP contribution < -0.4 is 5.73 Å². The van der Waals surface area contributed by atoms with Crippen molar-refractivity contribution in [1.29, 1.82) is 0 Å². The summed E-state index contributed by atoms with van der Waals surface area (Å²) in [4.78, 5) is 2.17. The average molecular weight is 254 g/mol. The fourth-order valence-corrected chi connectivity index (χ4v) is 2.33. The van der Waals surface area contributed by atoms with E-state index in [1.54, 1.807) is 6.07 Å². The lowest BCUT2D eigenvalue weighted by Crippen LogP contribution is -2.36. The second-order valence-corrected chi connectivity index (χ2v) is 4.56. The number of nitrogens with zero attached hydrogens (tertiary/aromatic N) is 1. The standard InChI is InChI=1S/C14H23FN2O/c1-3-14(4-2)17(5-6-18)10-11-7-12(15)9-13(16)8-11/h7-9,14,18H,3-6,10,16H2,1-2H3. The van der Waals surface area contributed by atoms with Crippen molar-refractivity contribution in [2.45, 2.75) is 39.3 Å². The van der Waals surface area contributed by atoms with Crippen LogP contribution in [-0.2, 0) is 6.54 Å². The van der Waals surface area contributed by atoms with Gasteiger partial charge in [-0.3, -0.25) is 4.90 Å². The Hall–Kier alpha value is -1.13. The van der Waals surface area contributed by atoms with E-state index in [9.17, 15) is 4.39 Å². The van der Waals surface area contributed by atoms with Gasteiger partial charge in [0.15, 0.2) is 0 Å². The van der Waals surface area contributed by atoms with E-state index in [0.717, 1.165) is 18.4 Å². The van der Waals surface area contributed by atoms with Crippen LogP contribution in [0, 0.1) is 5.82 Å². The van der Waals surface area contributed by atoms with E-state index in [0.29, 0.717) is 24.8 Å². The highest BCUT2D eigenvalue weighted by molar-refractivity contribution is 5.41. The Bertz CT molecular complexity index is 347. The lowest BCUT2D eigenvalue weighted by Gasteiger charge is -2.29. The van der Waals surface area contributed by atoms with Crippen LogP contribution in [0.1, 0.15) is 32.3 Å². The highest BCUT2D eigenvalue weighted by atomic mass is 19.1. The second kappa shape index (κ2) is 7.34. The Morgan fingerprint density at radius 2 is 1.94 bits per heavy atom.